The Morgan fingerprint density at radius 3 is 2.52 bits per heavy atom. The summed E-state index contributed by atoms with van der Waals surface area (Å²) < 4.78 is 1.80. The van der Waals surface area contributed by atoms with Gasteiger partial charge in [-0.15, -0.1) is 5.10 Å². The van der Waals surface area contributed by atoms with Crippen molar-refractivity contribution in [1.82, 2.24) is 19.9 Å². The van der Waals surface area contributed by atoms with Crippen LogP contribution < -0.4 is 0 Å². The molecule has 2 fully saturated rings. The summed E-state index contributed by atoms with van der Waals surface area (Å²) in [5.41, 5.74) is 0.355. The quantitative estimate of drug-likeness (QED) is 0.722. The Bertz CT molecular complexity index is 640. The molecule has 0 spiro atoms. The van der Waals surface area contributed by atoms with Crippen LogP contribution in [0, 0.1) is 16.7 Å². The number of carbonyl (C=O) groups is 1. The molecule has 1 aliphatic heterocycles. The van der Waals surface area contributed by atoms with Gasteiger partial charge in [-0.25, -0.2) is 0 Å². The van der Waals surface area contributed by atoms with Crippen LogP contribution in [-0.2, 0) is 11.3 Å². The van der Waals surface area contributed by atoms with Gasteiger partial charge in [0.15, 0.2) is 0 Å². The first kappa shape index (κ1) is 20.3. The maximum absolute atomic E-state index is 11.6. The van der Waals surface area contributed by atoms with Crippen LogP contribution in [0.4, 0.5) is 0 Å². The highest BCUT2D eigenvalue weighted by molar-refractivity contribution is 5.76. The largest absolute Gasteiger partial charge is 0.481 e. The van der Waals surface area contributed by atoms with E-state index in [1.165, 1.54) is 25.7 Å². The van der Waals surface area contributed by atoms with Gasteiger partial charge in [0.1, 0.15) is 5.92 Å². The second-order valence-corrected chi connectivity index (χ2v) is 9.71. The van der Waals surface area contributed by atoms with Crippen LogP contribution in [0.5, 0.6) is 0 Å². The SMILES string of the molecule is CC(C)(C)C(C(=O)O)c1cn(CCC2CCN(CC3(CO)CC3)CC2)nn1. The summed E-state index contributed by atoms with van der Waals surface area (Å²) in [6, 6.07) is 0. The number of aromatic nitrogens is 3. The molecule has 2 heterocycles. The van der Waals surface area contributed by atoms with Gasteiger partial charge < -0.3 is 15.1 Å². The van der Waals surface area contributed by atoms with E-state index in [4.69, 9.17) is 0 Å². The van der Waals surface area contributed by atoms with Crippen molar-refractivity contribution in [1.29, 1.82) is 0 Å². The van der Waals surface area contributed by atoms with Crippen LogP contribution in [0.2, 0.25) is 0 Å². The predicted molar refractivity (Wildman–Crippen MR) is 102 cm³/mol. The standard InChI is InChI=1S/C20H34N4O3/c1-19(2,3)17(18(26)27)16-12-24(22-21-16)11-6-15-4-9-23(10-5-15)13-20(14-25)7-8-20/h12,15,17,25H,4-11,13-14H2,1-3H3,(H,26,27). The number of aliphatic hydroxyl groups excluding tert-OH is 1. The van der Waals surface area contributed by atoms with Gasteiger partial charge >= 0.3 is 5.97 Å². The number of likely N-dealkylation sites (tertiary alicyclic amines) is 1. The minimum absolute atomic E-state index is 0.206. The third-order valence-corrected chi connectivity index (χ3v) is 6.29. The molecule has 1 aromatic heterocycles. The third kappa shape index (κ3) is 5.08. The summed E-state index contributed by atoms with van der Waals surface area (Å²) in [5, 5.41) is 27.3. The highest BCUT2D eigenvalue weighted by Gasteiger charge is 2.43. The van der Waals surface area contributed by atoms with E-state index in [0.717, 1.165) is 32.6 Å². The highest BCUT2D eigenvalue weighted by Crippen LogP contribution is 2.46. The van der Waals surface area contributed by atoms with Gasteiger partial charge in [0.05, 0.1) is 5.69 Å². The Balaban J connectivity index is 1.46. The van der Waals surface area contributed by atoms with Gasteiger partial charge in [0.2, 0.25) is 0 Å². The number of aliphatic carboxylic acids is 1. The molecule has 1 unspecified atom stereocenters. The second kappa shape index (κ2) is 7.87. The number of nitrogens with zero attached hydrogens (tertiary/aromatic N) is 4. The fraction of sp³-hybridized carbons (Fsp3) is 0.850. The number of hydrogen-bond donors (Lipinski definition) is 2. The fourth-order valence-corrected chi connectivity index (χ4v) is 4.26. The number of rotatable bonds is 8. The first-order valence-corrected chi connectivity index (χ1v) is 10.2. The van der Waals surface area contributed by atoms with Crippen molar-refractivity contribution in [2.24, 2.45) is 16.7 Å². The number of hydrogen-bond acceptors (Lipinski definition) is 5. The molecule has 0 bridgehead atoms. The number of piperidine rings is 1. The molecule has 0 aromatic carbocycles. The maximum Gasteiger partial charge on any atom is 0.313 e. The highest BCUT2D eigenvalue weighted by atomic mass is 16.4. The smallest absolute Gasteiger partial charge is 0.313 e. The zero-order valence-electron chi connectivity index (χ0n) is 16.9. The number of carboxylic acid groups (broad SMARTS) is 1. The van der Waals surface area contributed by atoms with Gasteiger partial charge in [-0.3, -0.25) is 9.48 Å². The van der Waals surface area contributed by atoms with Gasteiger partial charge in [-0.05, 0) is 56.5 Å². The Morgan fingerprint density at radius 2 is 2.00 bits per heavy atom. The monoisotopic (exact) mass is 378 g/mol. The van der Waals surface area contributed by atoms with Crippen molar-refractivity contribution in [2.75, 3.05) is 26.2 Å². The van der Waals surface area contributed by atoms with E-state index < -0.39 is 17.3 Å². The molecule has 1 aliphatic carbocycles. The third-order valence-electron chi connectivity index (χ3n) is 6.29. The van der Waals surface area contributed by atoms with E-state index in [1.807, 2.05) is 20.8 Å². The van der Waals surface area contributed by atoms with Crippen LogP contribution in [0.1, 0.15) is 64.5 Å². The molecular weight excluding hydrogens is 344 g/mol. The van der Waals surface area contributed by atoms with Crippen molar-refractivity contribution < 1.29 is 15.0 Å². The molecular formula is C20H34N4O3. The Labute approximate surface area is 161 Å². The normalized spacial score (nSPS) is 21.9. The Hall–Kier alpha value is -1.47. The summed E-state index contributed by atoms with van der Waals surface area (Å²) in [5.74, 6) is -0.815. The molecule has 2 aliphatic rings. The van der Waals surface area contributed by atoms with Crippen LogP contribution in [0.15, 0.2) is 6.20 Å². The first-order valence-electron chi connectivity index (χ1n) is 10.2. The van der Waals surface area contributed by atoms with E-state index >= 15 is 0 Å². The maximum atomic E-state index is 11.6. The average molecular weight is 379 g/mol. The minimum atomic E-state index is -0.849. The molecule has 1 saturated heterocycles. The van der Waals surface area contributed by atoms with E-state index in [0.29, 0.717) is 18.2 Å². The van der Waals surface area contributed by atoms with Crippen LogP contribution >= 0.6 is 0 Å². The van der Waals surface area contributed by atoms with Crippen molar-refractivity contribution in [3.8, 4) is 0 Å². The summed E-state index contributed by atoms with van der Waals surface area (Å²) in [4.78, 5) is 14.1. The van der Waals surface area contributed by atoms with Crippen LogP contribution in [0.3, 0.4) is 0 Å². The summed E-state index contributed by atoms with van der Waals surface area (Å²) in [6.45, 7) is 10.1. The van der Waals surface area contributed by atoms with Gasteiger partial charge in [-0.1, -0.05) is 26.0 Å². The molecule has 0 amide bonds. The molecule has 0 radical (unpaired) electrons. The molecule has 1 saturated carbocycles. The van der Waals surface area contributed by atoms with E-state index in [-0.39, 0.29) is 5.41 Å². The molecule has 27 heavy (non-hydrogen) atoms. The lowest BCUT2D eigenvalue weighted by Crippen LogP contribution is -2.38. The lowest BCUT2D eigenvalue weighted by atomic mass is 9.79. The molecule has 152 valence electrons. The molecule has 7 heteroatoms. The zero-order chi connectivity index (χ0) is 19.7. The summed E-state index contributed by atoms with van der Waals surface area (Å²) >= 11 is 0. The topological polar surface area (TPSA) is 91.5 Å². The van der Waals surface area contributed by atoms with Crippen LogP contribution in [-0.4, -0.2) is 62.3 Å². The zero-order valence-corrected chi connectivity index (χ0v) is 16.9. The Morgan fingerprint density at radius 1 is 1.33 bits per heavy atom. The lowest BCUT2D eigenvalue weighted by Gasteiger charge is -2.34. The minimum Gasteiger partial charge on any atom is -0.481 e. The lowest BCUT2D eigenvalue weighted by molar-refractivity contribution is -0.141. The van der Waals surface area contributed by atoms with Crippen LogP contribution in [0.25, 0.3) is 0 Å². The molecule has 3 rings (SSSR count). The second-order valence-electron chi connectivity index (χ2n) is 9.71. The molecule has 7 nitrogen and oxygen atoms in total. The molecule has 1 aromatic rings. The summed E-state index contributed by atoms with van der Waals surface area (Å²) in [7, 11) is 0. The number of carboxylic acids is 1. The Kier molecular flexibility index (Phi) is 5.91. The van der Waals surface area contributed by atoms with Gasteiger partial charge in [0, 0.05) is 31.3 Å². The van der Waals surface area contributed by atoms with E-state index in [9.17, 15) is 15.0 Å². The van der Waals surface area contributed by atoms with Gasteiger partial charge in [0.25, 0.3) is 0 Å². The number of aryl methyl sites for hydroxylation is 1. The van der Waals surface area contributed by atoms with Crippen molar-refractivity contribution in [3.05, 3.63) is 11.9 Å². The van der Waals surface area contributed by atoms with E-state index in [1.54, 1.807) is 10.9 Å². The average Bonchev–Trinajstić information content (AvgIpc) is 3.22. The molecule has 1 atom stereocenters. The molecule has 2 N–H and O–H groups in total. The number of aliphatic hydroxyl groups is 1. The van der Waals surface area contributed by atoms with E-state index in [2.05, 4.69) is 15.2 Å². The van der Waals surface area contributed by atoms with Crippen molar-refractivity contribution >= 4 is 5.97 Å². The van der Waals surface area contributed by atoms with Crippen molar-refractivity contribution in [3.63, 3.8) is 0 Å². The van der Waals surface area contributed by atoms with Crippen molar-refractivity contribution in [2.45, 2.75) is 65.3 Å². The first-order chi connectivity index (χ1) is 12.7. The fourth-order valence-electron chi connectivity index (χ4n) is 4.26. The van der Waals surface area contributed by atoms with Gasteiger partial charge in [-0.2, -0.15) is 0 Å². The summed E-state index contributed by atoms with van der Waals surface area (Å²) in [6.07, 6.45) is 7.56. The predicted octanol–water partition coefficient (Wildman–Crippen LogP) is 2.37.